The predicted octanol–water partition coefficient (Wildman–Crippen LogP) is 3.19. The monoisotopic (exact) mass is 239 g/mol. The van der Waals surface area contributed by atoms with Crippen molar-refractivity contribution in [3.8, 4) is 5.75 Å². The highest BCUT2D eigenvalue weighted by molar-refractivity contribution is 6.32. The zero-order valence-corrected chi connectivity index (χ0v) is 10.6. The van der Waals surface area contributed by atoms with Crippen LogP contribution >= 0.6 is 11.6 Å². The van der Waals surface area contributed by atoms with Crippen molar-refractivity contribution in [2.24, 2.45) is 0 Å². The highest BCUT2D eigenvalue weighted by atomic mass is 35.5. The molecule has 0 unspecified atom stereocenters. The van der Waals surface area contributed by atoms with Gasteiger partial charge in [-0.25, -0.2) is 0 Å². The van der Waals surface area contributed by atoms with E-state index in [1.54, 1.807) is 0 Å². The topological polar surface area (TPSA) is 21.3 Å². The molecule has 0 saturated carbocycles. The zero-order valence-electron chi connectivity index (χ0n) is 9.85. The Kier molecular flexibility index (Phi) is 5.36. The highest BCUT2D eigenvalue weighted by Gasteiger charge is 2.02. The Labute approximate surface area is 102 Å². The Balaban J connectivity index is 2.45. The summed E-state index contributed by atoms with van der Waals surface area (Å²) < 4.78 is 5.58. The van der Waals surface area contributed by atoms with Crippen molar-refractivity contribution in [2.75, 3.05) is 19.7 Å². The van der Waals surface area contributed by atoms with Crippen LogP contribution in [0.5, 0.6) is 5.75 Å². The number of benzene rings is 1. The zero-order chi connectivity index (χ0) is 12.0. The molecule has 0 fully saturated rings. The Hall–Kier alpha value is -0.990. The number of rotatable bonds is 6. The third-order valence-corrected chi connectivity index (χ3v) is 2.44. The van der Waals surface area contributed by atoms with Crippen molar-refractivity contribution in [1.82, 2.24) is 5.32 Å². The molecule has 0 heterocycles. The van der Waals surface area contributed by atoms with Gasteiger partial charge in [0.05, 0.1) is 5.02 Å². The SMILES string of the molecule is C=C(CNCC)COc1ccc(C)cc1Cl. The highest BCUT2D eigenvalue weighted by Crippen LogP contribution is 2.25. The van der Waals surface area contributed by atoms with E-state index in [-0.39, 0.29) is 0 Å². The lowest BCUT2D eigenvalue weighted by Crippen LogP contribution is -2.18. The number of halogens is 1. The Morgan fingerprint density at radius 3 is 2.88 bits per heavy atom. The number of hydrogen-bond acceptors (Lipinski definition) is 2. The third kappa shape index (κ3) is 4.25. The fraction of sp³-hybridized carbons (Fsp3) is 0.385. The van der Waals surface area contributed by atoms with E-state index in [1.807, 2.05) is 25.1 Å². The number of aryl methyl sites for hydroxylation is 1. The second-order valence-corrected chi connectivity index (χ2v) is 4.16. The van der Waals surface area contributed by atoms with E-state index < -0.39 is 0 Å². The Morgan fingerprint density at radius 1 is 1.50 bits per heavy atom. The molecule has 1 aromatic rings. The summed E-state index contributed by atoms with van der Waals surface area (Å²) in [5, 5.41) is 3.84. The maximum atomic E-state index is 6.05. The maximum absolute atomic E-state index is 6.05. The summed E-state index contributed by atoms with van der Waals surface area (Å²) >= 11 is 6.05. The first-order chi connectivity index (χ1) is 7.63. The molecule has 16 heavy (non-hydrogen) atoms. The number of nitrogens with one attached hydrogen (secondary N) is 1. The minimum absolute atomic E-state index is 0.496. The molecule has 0 bridgehead atoms. The van der Waals surface area contributed by atoms with Gasteiger partial charge in [0.15, 0.2) is 0 Å². The number of hydrogen-bond donors (Lipinski definition) is 1. The molecule has 0 amide bonds. The molecule has 2 nitrogen and oxygen atoms in total. The largest absolute Gasteiger partial charge is 0.488 e. The molecule has 88 valence electrons. The molecule has 1 N–H and O–H groups in total. The van der Waals surface area contributed by atoms with Crippen LogP contribution in [0.15, 0.2) is 30.4 Å². The first-order valence-corrected chi connectivity index (χ1v) is 5.77. The van der Waals surface area contributed by atoms with Crippen molar-refractivity contribution in [2.45, 2.75) is 13.8 Å². The van der Waals surface area contributed by atoms with Gasteiger partial charge in [-0.1, -0.05) is 31.2 Å². The van der Waals surface area contributed by atoms with E-state index in [9.17, 15) is 0 Å². The van der Waals surface area contributed by atoms with Crippen LogP contribution in [0.2, 0.25) is 5.02 Å². The molecule has 0 spiro atoms. The van der Waals surface area contributed by atoms with Gasteiger partial charge in [0, 0.05) is 6.54 Å². The normalized spacial score (nSPS) is 10.2. The summed E-state index contributed by atoms with van der Waals surface area (Å²) in [5.41, 5.74) is 2.14. The van der Waals surface area contributed by atoms with E-state index in [0.717, 1.165) is 24.2 Å². The van der Waals surface area contributed by atoms with Crippen LogP contribution in [0.1, 0.15) is 12.5 Å². The molecule has 3 heteroatoms. The van der Waals surface area contributed by atoms with Crippen LogP contribution in [0.3, 0.4) is 0 Å². The molecular weight excluding hydrogens is 222 g/mol. The molecular formula is C13H18ClNO. The van der Waals surface area contributed by atoms with Gasteiger partial charge in [-0.15, -0.1) is 0 Å². The van der Waals surface area contributed by atoms with Gasteiger partial charge in [0.2, 0.25) is 0 Å². The smallest absolute Gasteiger partial charge is 0.138 e. The summed E-state index contributed by atoms with van der Waals surface area (Å²) in [6.45, 7) is 10.2. The maximum Gasteiger partial charge on any atom is 0.138 e. The Morgan fingerprint density at radius 2 is 2.25 bits per heavy atom. The predicted molar refractivity (Wildman–Crippen MR) is 69.4 cm³/mol. The first-order valence-electron chi connectivity index (χ1n) is 5.39. The first kappa shape index (κ1) is 13.1. The molecule has 0 atom stereocenters. The van der Waals surface area contributed by atoms with Crippen molar-refractivity contribution >= 4 is 11.6 Å². The summed E-state index contributed by atoms with van der Waals surface area (Å²) in [6, 6.07) is 5.76. The number of likely N-dealkylation sites (N-methyl/N-ethyl adjacent to an activating group) is 1. The number of ether oxygens (including phenoxy) is 1. The quantitative estimate of drug-likeness (QED) is 0.770. The molecule has 0 radical (unpaired) electrons. The lowest BCUT2D eigenvalue weighted by atomic mass is 10.2. The second kappa shape index (κ2) is 6.56. The van der Waals surface area contributed by atoms with Gasteiger partial charge in [0.25, 0.3) is 0 Å². The second-order valence-electron chi connectivity index (χ2n) is 3.75. The summed E-state index contributed by atoms with van der Waals surface area (Å²) in [4.78, 5) is 0. The van der Waals surface area contributed by atoms with E-state index in [1.165, 1.54) is 0 Å². The van der Waals surface area contributed by atoms with E-state index in [4.69, 9.17) is 16.3 Å². The van der Waals surface area contributed by atoms with E-state index in [2.05, 4.69) is 18.8 Å². The van der Waals surface area contributed by atoms with Gasteiger partial charge in [-0.05, 0) is 36.7 Å². The standard InChI is InChI=1S/C13H18ClNO/c1-4-15-8-11(3)9-16-13-6-5-10(2)7-12(13)14/h5-7,15H,3-4,8-9H2,1-2H3. The molecule has 0 aliphatic carbocycles. The molecule has 0 aliphatic heterocycles. The lowest BCUT2D eigenvalue weighted by molar-refractivity contribution is 0.349. The summed E-state index contributed by atoms with van der Waals surface area (Å²) in [5.74, 6) is 0.713. The van der Waals surface area contributed by atoms with E-state index >= 15 is 0 Å². The van der Waals surface area contributed by atoms with Crippen molar-refractivity contribution in [1.29, 1.82) is 0 Å². The molecule has 0 aromatic heterocycles. The van der Waals surface area contributed by atoms with Crippen molar-refractivity contribution in [3.05, 3.63) is 40.9 Å². The van der Waals surface area contributed by atoms with Crippen LogP contribution in [-0.2, 0) is 0 Å². The summed E-state index contributed by atoms with van der Waals surface area (Å²) in [7, 11) is 0. The molecule has 1 rings (SSSR count). The Bertz CT molecular complexity index is 363. The molecule has 0 saturated heterocycles. The van der Waals surface area contributed by atoms with Gasteiger partial charge in [-0.2, -0.15) is 0 Å². The van der Waals surface area contributed by atoms with Gasteiger partial charge >= 0.3 is 0 Å². The van der Waals surface area contributed by atoms with Crippen molar-refractivity contribution in [3.63, 3.8) is 0 Å². The van der Waals surface area contributed by atoms with Crippen LogP contribution in [-0.4, -0.2) is 19.7 Å². The van der Waals surface area contributed by atoms with Gasteiger partial charge in [-0.3, -0.25) is 0 Å². The third-order valence-electron chi connectivity index (χ3n) is 2.14. The van der Waals surface area contributed by atoms with Crippen LogP contribution in [0, 0.1) is 6.92 Å². The van der Waals surface area contributed by atoms with Gasteiger partial charge < -0.3 is 10.1 Å². The molecule has 0 aliphatic rings. The van der Waals surface area contributed by atoms with Crippen LogP contribution in [0.25, 0.3) is 0 Å². The minimum Gasteiger partial charge on any atom is -0.488 e. The summed E-state index contributed by atoms with van der Waals surface area (Å²) in [6.07, 6.45) is 0. The minimum atomic E-state index is 0.496. The molecule has 1 aromatic carbocycles. The average Bonchev–Trinajstić information content (AvgIpc) is 2.25. The average molecular weight is 240 g/mol. The fourth-order valence-corrected chi connectivity index (χ4v) is 1.55. The fourth-order valence-electron chi connectivity index (χ4n) is 1.26. The van der Waals surface area contributed by atoms with Gasteiger partial charge in [0.1, 0.15) is 12.4 Å². The van der Waals surface area contributed by atoms with Crippen molar-refractivity contribution < 1.29 is 4.74 Å². The van der Waals surface area contributed by atoms with Crippen LogP contribution < -0.4 is 10.1 Å². The van der Waals surface area contributed by atoms with Crippen LogP contribution in [0.4, 0.5) is 0 Å². The lowest BCUT2D eigenvalue weighted by Gasteiger charge is -2.10. The van der Waals surface area contributed by atoms with E-state index in [0.29, 0.717) is 17.4 Å².